The second kappa shape index (κ2) is 10.7. The first-order valence-corrected chi connectivity index (χ1v) is 16.5. The van der Waals surface area contributed by atoms with Gasteiger partial charge in [-0.3, -0.25) is 4.90 Å². The Morgan fingerprint density at radius 3 is 2.86 bits per heavy atom. The summed E-state index contributed by atoms with van der Waals surface area (Å²) in [6.07, 6.45) is 11.9. The van der Waals surface area contributed by atoms with E-state index in [1.807, 2.05) is 10.8 Å². The van der Waals surface area contributed by atoms with Gasteiger partial charge in [0.2, 0.25) is 17.5 Å². The number of anilines is 1. The number of aromatic nitrogens is 5. The first-order valence-electron chi connectivity index (χ1n) is 15.7. The molecule has 0 aromatic carbocycles. The van der Waals surface area contributed by atoms with Gasteiger partial charge in [0.05, 0.1) is 36.1 Å². The molecule has 12 heteroatoms. The highest BCUT2D eigenvalue weighted by Gasteiger charge is 2.48. The fourth-order valence-electron chi connectivity index (χ4n) is 8.07. The lowest BCUT2D eigenvalue weighted by molar-refractivity contribution is 0.140. The van der Waals surface area contributed by atoms with Crippen molar-refractivity contribution in [2.24, 2.45) is 0 Å². The summed E-state index contributed by atoms with van der Waals surface area (Å²) in [5.74, 6) is 1.46. The van der Waals surface area contributed by atoms with Crippen molar-refractivity contribution in [3.63, 3.8) is 0 Å². The number of nitrogen functional groups attached to an aromatic ring is 1. The molecule has 11 nitrogen and oxygen atoms in total. The van der Waals surface area contributed by atoms with Crippen molar-refractivity contribution in [3.05, 3.63) is 46.1 Å². The second-order valence-electron chi connectivity index (χ2n) is 12.6. The molecule has 2 saturated heterocycles. The van der Waals surface area contributed by atoms with E-state index in [2.05, 4.69) is 24.6 Å². The van der Waals surface area contributed by atoms with Crippen LogP contribution in [0.25, 0.3) is 22.6 Å². The maximum absolute atomic E-state index is 10.1. The largest absolute Gasteiger partial charge is 0.468 e. The van der Waals surface area contributed by atoms with Crippen LogP contribution >= 0.6 is 11.3 Å². The molecule has 4 atom stereocenters. The molecule has 0 saturated carbocycles. The molecule has 2 fully saturated rings. The van der Waals surface area contributed by atoms with Gasteiger partial charge in [0.15, 0.2) is 5.65 Å². The molecule has 2 aliphatic carbocycles. The lowest BCUT2D eigenvalue weighted by Gasteiger charge is -2.39. The van der Waals surface area contributed by atoms with E-state index in [1.54, 1.807) is 17.5 Å². The third kappa shape index (κ3) is 4.13. The number of rotatable bonds is 6. The monoisotopic (exact) mass is 612 g/mol. The summed E-state index contributed by atoms with van der Waals surface area (Å²) in [6, 6.07) is 2.70. The highest BCUT2D eigenvalue weighted by atomic mass is 32.1. The zero-order valence-electron chi connectivity index (χ0n) is 24.9. The Morgan fingerprint density at radius 1 is 1.25 bits per heavy atom. The molecular weight excluding hydrogens is 576 g/mol. The minimum Gasteiger partial charge on any atom is -0.468 e. The van der Waals surface area contributed by atoms with Gasteiger partial charge in [-0.15, -0.1) is 11.3 Å². The minimum absolute atomic E-state index is 0.0836. The van der Waals surface area contributed by atoms with Crippen LogP contribution in [0.4, 0.5) is 5.00 Å². The van der Waals surface area contributed by atoms with E-state index in [1.165, 1.54) is 4.88 Å². The van der Waals surface area contributed by atoms with Crippen molar-refractivity contribution in [2.45, 2.75) is 81.4 Å². The van der Waals surface area contributed by atoms with E-state index < -0.39 is 5.41 Å². The second-order valence-corrected chi connectivity index (χ2v) is 13.7. The molecule has 0 radical (unpaired) electrons. The zero-order chi connectivity index (χ0) is 30.0. The topological polar surface area (TPSA) is 141 Å². The number of thiophene rings is 1. The summed E-state index contributed by atoms with van der Waals surface area (Å²) in [5.41, 5.74) is 10.2. The number of fused-ring (bicyclic) bond motifs is 5. The van der Waals surface area contributed by atoms with Crippen LogP contribution in [-0.2, 0) is 23.0 Å². The molecule has 4 aromatic heterocycles. The molecule has 2 N–H and O–H groups in total. The predicted octanol–water partition coefficient (Wildman–Crippen LogP) is 4.94. The Morgan fingerprint density at radius 2 is 2.11 bits per heavy atom. The van der Waals surface area contributed by atoms with Crippen molar-refractivity contribution in [1.29, 1.82) is 5.26 Å². The Balaban J connectivity index is 1.27. The van der Waals surface area contributed by atoms with Crippen LogP contribution in [0.5, 0.6) is 5.88 Å². The van der Waals surface area contributed by atoms with Crippen LogP contribution in [0.15, 0.2) is 23.4 Å². The van der Waals surface area contributed by atoms with E-state index >= 15 is 0 Å². The number of nitriles is 1. The van der Waals surface area contributed by atoms with Crippen molar-refractivity contribution < 1.29 is 14.0 Å². The van der Waals surface area contributed by atoms with Crippen LogP contribution in [0.3, 0.4) is 0 Å². The van der Waals surface area contributed by atoms with Crippen LogP contribution in [0.2, 0.25) is 0 Å². The average Bonchev–Trinajstić information content (AvgIpc) is 3.86. The van der Waals surface area contributed by atoms with Gasteiger partial charge in [-0.1, -0.05) is 11.7 Å². The van der Waals surface area contributed by atoms with Gasteiger partial charge in [-0.2, -0.15) is 15.3 Å². The Kier molecular flexibility index (Phi) is 6.73. The van der Waals surface area contributed by atoms with Gasteiger partial charge < -0.3 is 19.7 Å². The standard InChI is InChI=1S/C32H36N8O3S/c1-3-23(22-8-6-13-39(22)2)42-31-21-16-35-40(18-10-14-41-17-18)30(21)36-29(37-31)26-19-7-4-11-32(27(19)38-43-26)12-5-9-24-25(32)20(15-33)28(34)44-24/h3,16,18,22-23H,1,4-14,17,34H2,2H3/t18?,22-,23-,32-/m0/s1. The normalized spacial score (nSPS) is 25.6. The third-order valence-corrected chi connectivity index (χ3v) is 11.3. The minimum atomic E-state index is -0.393. The van der Waals surface area contributed by atoms with E-state index in [0.717, 1.165) is 86.5 Å². The molecule has 0 bridgehead atoms. The number of hydrogen-bond donors (Lipinski definition) is 1. The number of nitrogens with zero attached hydrogens (tertiary/aromatic N) is 7. The number of ether oxygens (including phenoxy) is 2. The lowest BCUT2D eigenvalue weighted by atomic mass is 9.62. The number of hydrogen-bond acceptors (Lipinski definition) is 11. The predicted molar refractivity (Wildman–Crippen MR) is 166 cm³/mol. The fraction of sp³-hybridized carbons (Fsp3) is 0.531. The molecular formula is C32H36N8O3S. The molecule has 6 heterocycles. The molecule has 2 aliphatic heterocycles. The number of likely N-dealkylation sites (tertiary alicyclic amines) is 1. The molecule has 4 aliphatic rings. The fourth-order valence-corrected chi connectivity index (χ4v) is 9.23. The summed E-state index contributed by atoms with van der Waals surface area (Å²) >= 11 is 1.55. The third-order valence-electron chi connectivity index (χ3n) is 10.2. The van der Waals surface area contributed by atoms with Crippen LogP contribution in [-0.4, -0.2) is 68.8 Å². The quantitative estimate of drug-likeness (QED) is 0.298. The summed E-state index contributed by atoms with van der Waals surface area (Å²) in [6.45, 7) is 6.41. The molecule has 1 spiro atoms. The summed E-state index contributed by atoms with van der Waals surface area (Å²) in [7, 11) is 2.13. The highest BCUT2D eigenvalue weighted by Crippen LogP contribution is 2.54. The first-order chi connectivity index (χ1) is 21.5. The molecule has 4 aromatic rings. The number of nitrogens with two attached hydrogens (primary N) is 1. The smallest absolute Gasteiger partial charge is 0.229 e. The van der Waals surface area contributed by atoms with Crippen molar-refractivity contribution in [3.8, 4) is 23.5 Å². The molecule has 0 amide bonds. The number of likely N-dealkylation sites (N-methyl/N-ethyl adjacent to an activating group) is 1. The van der Waals surface area contributed by atoms with Gasteiger partial charge >= 0.3 is 0 Å². The number of aryl methyl sites for hydroxylation is 1. The van der Waals surface area contributed by atoms with E-state index in [9.17, 15) is 5.26 Å². The average molecular weight is 613 g/mol. The van der Waals surface area contributed by atoms with E-state index in [4.69, 9.17) is 40.0 Å². The van der Waals surface area contributed by atoms with Crippen LogP contribution in [0, 0.1) is 11.3 Å². The van der Waals surface area contributed by atoms with E-state index in [-0.39, 0.29) is 18.2 Å². The van der Waals surface area contributed by atoms with Gasteiger partial charge in [-0.05, 0) is 83.0 Å². The van der Waals surface area contributed by atoms with Gasteiger partial charge in [0.25, 0.3) is 0 Å². The highest BCUT2D eigenvalue weighted by molar-refractivity contribution is 7.16. The van der Waals surface area contributed by atoms with E-state index in [0.29, 0.717) is 46.9 Å². The van der Waals surface area contributed by atoms with Crippen LogP contribution < -0.4 is 10.5 Å². The lowest BCUT2D eigenvalue weighted by Crippen LogP contribution is -2.38. The van der Waals surface area contributed by atoms with Gasteiger partial charge in [0.1, 0.15) is 22.6 Å². The van der Waals surface area contributed by atoms with Crippen LogP contribution in [0.1, 0.15) is 78.2 Å². The van der Waals surface area contributed by atoms with Crippen molar-refractivity contribution in [1.82, 2.24) is 29.8 Å². The molecule has 44 heavy (non-hydrogen) atoms. The zero-order valence-corrected chi connectivity index (χ0v) is 25.7. The SMILES string of the molecule is C=C[C@H](Oc1nc(-c2onc3c2CCC[C@@]32CCCc3sc(N)c(C#N)c32)nc2c1cnn2C1CCOC1)[C@@H]1CCCN1C. The van der Waals surface area contributed by atoms with Gasteiger partial charge in [0, 0.05) is 22.5 Å². The summed E-state index contributed by atoms with van der Waals surface area (Å²) in [5, 5.41) is 20.9. The Labute approximate surface area is 259 Å². The summed E-state index contributed by atoms with van der Waals surface area (Å²) < 4.78 is 20.5. The molecule has 228 valence electrons. The Bertz CT molecular complexity index is 1790. The van der Waals surface area contributed by atoms with Crippen molar-refractivity contribution >= 4 is 27.4 Å². The molecule has 8 rings (SSSR count). The summed E-state index contributed by atoms with van der Waals surface area (Å²) in [4.78, 5) is 13.6. The maximum atomic E-state index is 10.1. The van der Waals surface area contributed by atoms with Crippen molar-refractivity contribution in [2.75, 3.05) is 32.5 Å². The molecule has 1 unspecified atom stereocenters. The maximum Gasteiger partial charge on any atom is 0.229 e. The Hall–Kier alpha value is -3.79. The van der Waals surface area contributed by atoms with Gasteiger partial charge in [-0.25, -0.2) is 9.67 Å². The first kappa shape index (κ1) is 27.7.